The summed E-state index contributed by atoms with van der Waals surface area (Å²) in [4.78, 5) is 15.8. The molecule has 2 aromatic carbocycles. The number of imidazole rings is 1. The largest absolute Gasteiger partial charge is 0.478 e. The Labute approximate surface area is 120 Å². The van der Waals surface area contributed by atoms with Crippen molar-refractivity contribution in [2.75, 3.05) is 0 Å². The van der Waals surface area contributed by atoms with Crippen LogP contribution in [0.5, 0.6) is 0 Å². The van der Waals surface area contributed by atoms with Crippen molar-refractivity contribution in [1.29, 1.82) is 0 Å². The average Bonchev–Trinajstić information content (AvgIpc) is 2.75. The van der Waals surface area contributed by atoms with E-state index in [2.05, 4.69) is 4.98 Å². The van der Waals surface area contributed by atoms with Crippen LogP contribution >= 0.6 is 0 Å². The third kappa shape index (κ3) is 1.98. The molecule has 21 heavy (non-hydrogen) atoms. The van der Waals surface area contributed by atoms with E-state index in [4.69, 9.17) is 0 Å². The third-order valence-electron chi connectivity index (χ3n) is 3.49. The Kier molecular flexibility index (Phi) is 2.97. The number of aryl methyl sites for hydroxylation is 2. The summed E-state index contributed by atoms with van der Waals surface area (Å²) in [5.41, 5.74) is 2.12. The number of carboxylic acids is 1. The summed E-state index contributed by atoms with van der Waals surface area (Å²) in [5, 5.41) is 9.37. The lowest BCUT2D eigenvalue weighted by molar-refractivity contribution is 0.0698. The number of carboxylic acid groups (broad SMARTS) is 1. The van der Waals surface area contributed by atoms with Gasteiger partial charge in [-0.2, -0.15) is 0 Å². The molecule has 5 heteroatoms. The van der Waals surface area contributed by atoms with E-state index in [9.17, 15) is 14.3 Å². The highest BCUT2D eigenvalue weighted by Crippen LogP contribution is 2.28. The number of benzene rings is 2. The second-order valence-electron chi connectivity index (χ2n) is 4.88. The summed E-state index contributed by atoms with van der Waals surface area (Å²) in [6, 6.07) is 9.63. The number of rotatable bonds is 2. The summed E-state index contributed by atoms with van der Waals surface area (Å²) in [7, 11) is 0. The monoisotopic (exact) mass is 284 g/mol. The molecule has 0 aliphatic rings. The minimum absolute atomic E-state index is 0.107. The smallest absolute Gasteiger partial charge is 0.337 e. The topological polar surface area (TPSA) is 55.1 Å². The highest BCUT2D eigenvalue weighted by Gasteiger charge is 2.19. The fraction of sp³-hybridized carbons (Fsp3) is 0.125. The molecule has 0 unspecified atom stereocenters. The summed E-state index contributed by atoms with van der Waals surface area (Å²) >= 11 is 0. The first-order valence-electron chi connectivity index (χ1n) is 6.47. The van der Waals surface area contributed by atoms with Gasteiger partial charge in [0.25, 0.3) is 0 Å². The Morgan fingerprint density at radius 3 is 2.57 bits per heavy atom. The van der Waals surface area contributed by atoms with E-state index in [1.54, 1.807) is 42.7 Å². The first-order chi connectivity index (χ1) is 10.0. The SMILES string of the molecule is Cc1cccc(F)c1-n1c(C)nc2cccc(C(=O)O)c21. The van der Waals surface area contributed by atoms with Gasteiger partial charge in [-0.1, -0.05) is 18.2 Å². The Morgan fingerprint density at radius 2 is 1.90 bits per heavy atom. The molecule has 1 aromatic heterocycles. The van der Waals surface area contributed by atoms with Gasteiger partial charge >= 0.3 is 5.97 Å². The maximum absolute atomic E-state index is 14.3. The Hall–Kier alpha value is -2.69. The average molecular weight is 284 g/mol. The van der Waals surface area contributed by atoms with Crippen molar-refractivity contribution in [2.24, 2.45) is 0 Å². The van der Waals surface area contributed by atoms with Crippen molar-refractivity contribution in [1.82, 2.24) is 9.55 Å². The van der Waals surface area contributed by atoms with Crippen molar-refractivity contribution in [3.8, 4) is 5.69 Å². The normalized spacial score (nSPS) is 11.0. The van der Waals surface area contributed by atoms with E-state index in [1.165, 1.54) is 12.1 Å². The molecule has 4 nitrogen and oxygen atoms in total. The first-order valence-corrected chi connectivity index (χ1v) is 6.47. The van der Waals surface area contributed by atoms with E-state index in [1.807, 2.05) is 0 Å². The number of hydrogen-bond donors (Lipinski definition) is 1. The molecular weight excluding hydrogens is 271 g/mol. The quantitative estimate of drug-likeness (QED) is 0.783. The molecule has 0 saturated heterocycles. The highest BCUT2D eigenvalue weighted by atomic mass is 19.1. The van der Waals surface area contributed by atoms with Crippen LogP contribution < -0.4 is 0 Å². The standard InChI is InChI=1S/C16H13FN2O2/c1-9-5-3-7-12(17)14(9)19-10(2)18-13-8-4-6-11(15(13)19)16(20)21/h3-8H,1-2H3,(H,20,21). The predicted octanol–water partition coefficient (Wildman–Crippen LogP) is 3.48. The number of aromatic carboxylic acids is 1. The van der Waals surface area contributed by atoms with E-state index in [-0.39, 0.29) is 5.56 Å². The summed E-state index contributed by atoms with van der Waals surface area (Å²) in [6.45, 7) is 3.52. The predicted molar refractivity (Wildman–Crippen MR) is 77.5 cm³/mol. The minimum Gasteiger partial charge on any atom is -0.478 e. The molecule has 0 aliphatic heterocycles. The first kappa shape index (κ1) is 13.3. The summed E-state index contributed by atoms with van der Waals surface area (Å²) in [6.07, 6.45) is 0. The zero-order valence-electron chi connectivity index (χ0n) is 11.6. The molecule has 0 atom stereocenters. The molecule has 106 valence electrons. The number of nitrogens with zero attached hydrogens (tertiary/aromatic N) is 2. The van der Waals surface area contributed by atoms with Crippen LogP contribution in [0.3, 0.4) is 0 Å². The van der Waals surface area contributed by atoms with Crippen LogP contribution in [-0.2, 0) is 0 Å². The lowest BCUT2D eigenvalue weighted by atomic mass is 10.1. The van der Waals surface area contributed by atoms with Crippen molar-refractivity contribution < 1.29 is 14.3 Å². The van der Waals surface area contributed by atoms with Crippen LogP contribution in [-0.4, -0.2) is 20.6 Å². The van der Waals surface area contributed by atoms with Crippen LogP contribution in [0.15, 0.2) is 36.4 Å². The van der Waals surface area contributed by atoms with Crippen LogP contribution in [0.4, 0.5) is 4.39 Å². The molecule has 3 rings (SSSR count). The van der Waals surface area contributed by atoms with Gasteiger partial charge in [0.1, 0.15) is 11.6 Å². The highest BCUT2D eigenvalue weighted by molar-refractivity contribution is 6.02. The molecule has 0 saturated carbocycles. The van der Waals surface area contributed by atoms with Crippen molar-refractivity contribution >= 4 is 17.0 Å². The van der Waals surface area contributed by atoms with E-state index in [0.29, 0.717) is 22.5 Å². The third-order valence-corrected chi connectivity index (χ3v) is 3.49. The summed E-state index contributed by atoms with van der Waals surface area (Å²) in [5.74, 6) is -0.916. The zero-order chi connectivity index (χ0) is 15.1. The van der Waals surface area contributed by atoms with Gasteiger partial charge in [0, 0.05) is 0 Å². The number of halogens is 1. The Balaban J connectivity index is 2.48. The van der Waals surface area contributed by atoms with E-state index in [0.717, 1.165) is 5.56 Å². The van der Waals surface area contributed by atoms with Crippen LogP contribution in [0.1, 0.15) is 21.7 Å². The molecule has 0 amide bonds. The Bertz CT molecular complexity index is 848. The van der Waals surface area contributed by atoms with Gasteiger partial charge in [-0.05, 0) is 37.6 Å². The van der Waals surface area contributed by atoms with Crippen LogP contribution in [0.2, 0.25) is 0 Å². The van der Waals surface area contributed by atoms with E-state index < -0.39 is 11.8 Å². The molecule has 1 heterocycles. The van der Waals surface area contributed by atoms with Crippen LogP contribution in [0.25, 0.3) is 16.7 Å². The number of para-hydroxylation sites is 2. The van der Waals surface area contributed by atoms with Gasteiger partial charge in [0.15, 0.2) is 0 Å². The van der Waals surface area contributed by atoms with Gasteiger partial charge in [-0.3, -0.25) is 4.57 Å². The van der Waals surface area contributed by atoms with E-state index >= 15 is 0 Å². The lowest BCUT2D eigenvalue weighted by Crippen LogP contribution is -2.06. The molecule has 0 spiro atoms. The van der Waals surface area contributed by atoms with Crippen molar-refractivity contribution in [3.05, 3.63) is 59.2 Å². The van der Waals surface area contributed by atoms with Crippen LogP contribution in [0, 0.1) is 19.7 Å². The van der Waals surface area contributed by atoms with Gasteiger partial charge in [-0.25, -0.2) is 14.2 Å². The molecule has 0 bridgehead atoms. The van der Waals surface area contributed by atoms with Crippen molar-refractivity contribution in [3.63, 3.8) is 0 Å². The second-order valence-corrected chi connectivity index (χ2v) is 4.88. The maximum Gasteiger partial charge on any atom is 0.337 e. The number of hydrogen-bond acceptors (Lipinski definition) is 2. The fourth-order valence-corrected chi connectivity index (χ4v) is 2.60. The molecule has 1 N–H and O–H groups in total. The minimum atomic E-state index is -1.06. The Morgan fingerprint density at radius 1 is 1.19 bits per heavy atom. The van der Waals surface area contributed by atoms with Gasteiger partial charge in [0.2, 0.25) is 0 Å². The number of aromatic nitrogens is 2. The molecule has 0 radical (unpaired) electrons. The van der Waals surface area contributed by atoms with Gasteiger partial charge in [-0.15, -0.1) is 0 Å². The zero-order valence-corrected chi connectivity index (χ0v) is 11.6. The molecular formula is C16H13FN2O2. The van der Waals surface area contributed by atoms with Crippen molar-refractivity contribution in [2.45, 2.75) is 13.8 Å². The number of fused-ring (bicyclic) bond motifs is 1. The lowest BCUT2D eigenvalue weighted by Gasteiger charge is -2.12. The maximum atomic E-state index is 14.3. The molecule has 0 fully saturated rings. The fourth-order valence-electron chi connectivity index (χ4n) is 2.60. The van der Waals surface area contributed by atoms with Gasteiger partial charge in [0.05, 0.1) is 22.3 Å². The summed E-state index contributed by atoms with van der Waals surface area (Å²) < 4.78 is 15.8. The molecule has 3 aromatic rings. The van der Waals surface area contributed by atoms with Gasteiger partial charge < -0.3 is 5.11 Å². The molecule has 0 aliphatic carbocycles. The number of carbonyl (C=O) groups is 1. The second kappa shape index (κ2) is 4.70.